The lowest BCUT2D eigenvalue weighted by molar-refractivity contribution is 0.215. The minimum absolute atomic E-state index is 0.655. The summed E-state index contributed by atoms with van der Waals surface area (Å²) in [6.07, 6.45) is 3.38. The van der Waals surface area contributed by atoms with Crippen molar-refractivity contribution in [1.82, 2.24) is 14.7 Å². The molecule has 1 aromatic rings. The number of aromatic nitrogens is 2. The summed E-state index contributed by atoms with van der Waals surface area (Å²) >= 11 is 3.71. The highest BCUT2D eigenvalue weighted by atomic mass is 79.9. The van der Waals surface area contributed by atoms with Crippen molar-refractivity contribution in [1.29, 1.82) is 0 Å². The molecular formula is C14H26BrN3. The summed E-state index contributed by atoms with van der Waals surface area (Å²) in [6, 6.07) is 0.655. The Morgan fingerprint density at radius 2 is 1.83 bits per heavy atom. The fraction of sp³-hybridized carbons (Fsp3) is 0.786. The van der Waals surface area contributed by atoms with Gasteiger partial charge in [0.2, 0.25) is 0 Å². The number of hydrogen-bond acceptors (Lipinski definition) is 2. The van der Waals surface area contributed by atoms with Crippen LogP contribution in [0.4, 0.5) is 0 Å². The molecule has 104 valence electrons. The van der Waals surface area contributed by atoms with Gasteiger partial charge >= 0.3 is 0 Å². The van der Waals surface area contributed by atoms with Crippen LogP contribution in [0.2, 0.25) is 0 Å². The molecular weight excluding hydrogens is 290 g/mol. The highest BCUT2D eigenvalue weighted by Crippen LogP contribution is 2.24. The summed E-state index contributed by atoms with van der Waals surface area (Å²) in [6.45, 7) is 10.7. The van der Waals surface area contributed by atoms with Crippen molar-refractivity contribution in [3.63, 3.8) is 0 Å². The van der Waals surface area contributed by atoms with Gasteiger partial charge in [-0.1, -0.05) is 20.8 Å². The molecule has 4 heteroatoms. The number of hydrogen-bond donors (Lipinski definition) is 0. The number of rotatable bonds is 7. The smallest absolute Gasteiger partial charge is 0.0767 e. The maximum Gasteiger partial charge on any atom is 0.0767 e. The monoisotopic (exact) mass is 315 g/mol. The number of aryl methyl sites for hydroxylation is 2. The predicted octanol–water partition coefficient (Wildman–Crippen LogP) is 3.85. The van der Waals surface area contributed by atoms with Crippen LogP contribution in [0.15, 0.2) is 4.47 Å². The van der Waals surface area contributed by atoms with E-state index in [2.05, 4.69) is 65.4 Å². The summed E-state index contributed by atoms with van der Waals surface area (Å²) in [5.41, 5.74) is 2.48. The van der Waals surface area contributed by atoms with Crippen molar-refractivity contribution in [3.8, 4) is 0 Å². The second-order valence-corrected chi connectivity index (χ2v) is 5.56. The molecule has 0 radical (unpaired) electrons. The molecule has 0 spiro atoms. The molecule has 0 amide bonds. The van der Waals surface area contributed by atoms with Crippen molar-refractivity contribution in [2.24, 2.45) is 0 Å². The first kappa shape index (κ1) is 15.7. The van der Waals surface area contributed by atoms with E-state index in [1.165, 1.54) is 28.7 Å². The second kappa shape index (κ2) is 7.29. The van der Waals surface area contributed by atoms with E-state index in [0.717, 1.165) is 19.5 Å². The maximum absolute atomic E-state index is 4.65. The molecule has 0 aliphatic rings. The Kier molecular flexibility index (Phi) is 6.36. The van der Waals surface area contributed by atoms with Crippen LogP contribution in [-0.2, 0) is 19.5 Å². The van der Waals surface area contributed by atoms with E-state index in [9.17, 15) is 0 Å². The molecule has 0 bridgehead atoms. The van der Waals surface area contributed by atoms with Gasteiger partial charge in [0.25, 0.3) is 0 Å². The van der Waals surface area contributed by atoms with Crippen LogP contribution in [-0.4, -0.2) is 27.8 Å². The summed E-state index contributed by atoms with van der Waals surface area (Å²) < 4.78 is 3.33. The second-order valence-electron chi connectivity index (χ2n) is 4.76. The molecule has 1 aromatic heterocycles. The molecule has 0 unspecified atom stereocenters. The van der Waals surface area contributed by atoms with Gasteiger partial charge in [-0.15, -0.1) is 0 Å². The molecule has 0 aromatic carbocycles. The van der Waals surface area contributed by atoms with Gasteiger partial charge < -0.3 is 0 Å². The van der Waals surface area contributed by atoms with Gasteiger partial charge in [-0.05, 0) is 49.2 Å². The van der Waals surface area contributed by atoms with Crippen molar-refractivity contribution in [2.75, 3.05) is 7.05 Å². The van der Waals surface area contributed by atoms with Gasteiger partial charge in [-0.25, -0.2) is 0 Å². The van der Waals surface area contributed by atoms with E-state index in [-0.39, 0.29) is 0 Å². The average molecular weight is 316 g/mol. The largest absolute Gasteiger partial charge is 0.298 e. The molecule has 0 saturated heterocycles. The minimum Gasteiger partial charge on any atom is -0.298 e. The first-order valence-electron chi connectivity index (χ1n) is 7.03. The third-order valence-electron chi connectivity index (χ3n) is 3.66. The lowest BCUT2D eigenvalue weighted by Crippen LogP contribution is -2.31. The summed E-state index contributed by atoms with van der Waals surface area (Å²) in [4.78, 5) is 2.44. The fourth-order valence-electron chi connectivity index (χ4n) is 2.45. The van der Waals surface area contributed by atoms with E-state index in [0.29, 0.717) is 6.04 Å². The molecule has 1 rings (SSSR count). The molecule has 0 fully saturated rings. The maximum atomic E-state index is 4.65. The molecule has 3 nitrogen and oxygen atoms in total. The summed E-state index contributed by atoms with van der Waals surface area (Å²) in [5, 5.41) is 4.65. The molecule has 0 atom stereocenters. The van der Waals surface area contributed by atoms with Gasteiger partial charge in [-0.3, -0.25) is 9.58 Å². The van der Waals surface area contributed by atoms with E-state index in [4.69, 9.17) is 0 Å². The van der Waals surface area contributed by atoms with Crippen molar-refractivity contribution in [3.05, 3.63) is 15.9 Å². The molecule has 1 heterocycles. The Balaban J connectivity index is 2.92. The Labute approximate surface area is 120 Å². The van der Waals surface area contributed by atoms with E-state index >= 15 is 0 Å². The fourth-order valence-corrected chi connectivity index (χ4v) is 3.14. The third-order valence-corrected chi connectivity index (χ3v) is 4.57. The summed E-state index contributed by atoms with van der Waals surface area (Å²) in [7, 11) is 2.21. The van der Waals surface area contributed by atoms with Crippen LogP contribution in [0.5, 0.6) is 0 Å². The Morgan fingerprint density at radius 1 is 1.22 bits per heavy atom. The van der Waals surface area contributed by atoms with Gasteiger partial charge in [0.1, 0.15) is 0 Å². The zero-order valence-corrected chi connectivity index (χ0v) is 13.9. The number of halogens is 1. The van der Waals surface area contributed by atoms with Gasteiger partial charge in [0.05, 0.1) is 15.9 Å². The van der Waals surface area contributed by atoms with Crippen LogP contribution in [0, 0.1) is 0 Å². The van der Waals surface area contributed by atoms with Crippen molar-refractivity contribution in [2.45, 2.75) is 66.1 Å². The lowest BCUT2D eigenvalue weighted by atomic mass is 10.1. The van der Waals surface area contributed by atoms with E-state index < -0.39 is 0 Å². The Hall–Kier alpha value is -0.350. The van der Waals surface area contributed by atoms with E-state index in [1.54, 1.807) is 0 Å². The quantitative estimate of drug-likeness (QED) is 0.762. The Morgan fingerprint density at radius 3 is 2.28 bits per heavy atom. The highest BCUT2D eigenvalue weighted by Gasteiger charge is 2.18. The van der Waals surface area contributed by atoms with Crippen LogP contribution in [0.3, 0.4) is 0 Å². The molecule has 0 aliphatic carbocycles. The topological polar surface area (TPSA) is 21.1 Å². The Bertz CT molecular complexity index is 369. The van der Waals surface area contributed by atoms with Crippen molar-refractivity contribution >= 4 is 15.9 Å². The standard InChI is InChI=1S/C14H26BrN3/c1-6-11(7-2)17(5)10-13-14(15)12(8-3)16-18(13)9-4/h11H,6-10H2,1-5H3. The highest BCUT2D eigenvalue weighted by molar-refractivity contribution is 9.10. The zero-order chi connectivity index (χ0) is 13.7. The van der Waals surface area contributed by atoms with Crippen LogP contribution in [0.1, 0.15) is 51.9 Å². The molecule has 18 heavy (non-hydrogen) atoms. The normalized spacial score (nSPS) is 11.8. The average Bonchev–Trinajstić information content (AvgIpc) is 2.68. The van der Waals surface area contributed by atoms with Crippen LogP contribution >= 0.6 is 15.9 Å². The minimum atomic E-state index is 0.655. The molecule has 0 N–H and O–H groups in total. The van der Waals surface area contributed by atoms with Crippen LogP contribution in [0.25, 0.3) is 0 Å². The van der Waals surface area contributed by atoms with Crippen molar-refractivity contribution < 1.29 is 0 Å². The predicted molar refractivity (Wildman–Crippen MR) is 80.8 cm³/mol. The van der Waals surface area contributed by atoms with Crippen LogP contribution < -0.4 is 0 Å². The first-order valence-corrected chi connectivity index (χ1v) is 7.82. The summed E-state index contributed by atoms with van der Waals surface area (Å²) in [5.74, 6) is 0. The van der Waals surface area contributed by atoms with Gasteiger partial charge in [0.15, 0.2) is 0 Å². The zero-order valence-electron chi connectivity index (χ0n) is 12.3. The number of nitrogens with zero attached hydrogens (tertiary/aromatic N) is 3. The van der Waals surface area contributed by atoms with Gasteiger partial charge in [-0.2, -0.15) is 5.10 Å². The van der Waals surface area contributed by atoms with E-state index in [1.807, 2.05) is 0 Å². The molecule has 0 saturated carbocycles. The lowest BCUT2D eigenvalue weighted by Gasteiger charge is -2.26. The SMILES string of the molecule is CCc1nn(CC)c(CN(C)C(CC)CC)c1Br. The third kappa shape index (κ3) is 3.35. The van der Waals surface area contributed by atoms with Gasteiger partial charge in [0, 0.05) is 19.1 Å². The first-order chi connectivity index (χ1) is 8.58. The molecule has 0 aliphatic heterocycles.